The van der Waals surface area contributed by atoms with E-state index in [1.54, 1.807) is 0 Å². The molecule has 1 aromatic carbocycles. The molecule has 0 aliphatic carbocycles. The van der Waals surface area contributed by atoms with Crippen LogP contribution in [0.5, 0.6) is 0 Å². The minimum Gasteiger partial charge on any atom is -0.619 e. The second-order valence-corrected chi connectivity index (χ2v) is 8.04. The molecule has 0 radical (unpaired) electrons. The molecule has 1 aliphatic heterocycles. The molecule has 12 heteroatoms. The van der Waals surface area contributed by atoms with E-state index in [-0.39, 0.29) is 5.69 Å². The topological polar surface area (TPSA) is 55.7 Å². The minimum absolute atomic E-state index is 0.348. The van der Waals surface area contributed by atoms with E-state index in [0.29, 0.717) is 6.07 Å². The van der Waals surface area contributed by atoms with Crippen molar-refractivity contribution in [1.29, 1.82) is 0 Å². The lowest BCUT2D eigenvalue weighted by Crippen LogP contribution is -2.47. The van der Waals surface area contributed by atoms with Crippen LogP contribution in [0, 0.1) is 5.21 Å². The van der Waals surface area contributed by atoms with Crippen LogP contribution in [0.3, 0.4) is 0 Å². The summed E-state index contributed by atoms with van der Waals surface area (Å²) in [7, 11) is 1.29. The third kappa shape index (κ3) is 4.15. The number of hydrogen-bond donors (Lipinski definition) is 0. The Labute approximate surface area is 160 Å². The molecule has 0 spiro atoms. The monoisotopic (exact) mass is 437 g/mol. The number of nitrogens with zero attached hydrogens (tertiary/aromatic N) is 3. The third-order valence-electron chi connectivity index (χ3n) is 3.39. The summed E-state index contributed by atoms with van der Waals surface area (Å²) in [6, 6.07) is 3.67. The first kappa shape index (κ1) is 20.5. The molecule has 138 valence electrons. The highest BCUT2D eigenvalue weighted by Gasteiger charge is 2.47. The maximum atomic E-state index is 13.2. The van der Waals surface area contributed by atoms with E-state index in [1.165, 1.54) is 7.05 Å². The van der Waals surface area contributed by atoms with E-state index >= 15 is 0 Å². The number of quaternary nitrogens is 1. The standard InChI is InChI=1S/C13H10Cl4F3N3O2/c1-22-6-23(25,8-4-2-3-7(5-8)13(18,19)20)9(10(22)24)21-11(14)12(15,16)17/h2-5,11H,6H2,1H3. The molecular formula is C13H10Cl4F3N3O2. The predicted molar refractivity (Wildman–Crippen MR) is 91.6 cm³/mol. The molecule has 1 aromatic rings. The lowest BCUT2D eigenvalue weighted by atomic mass is 10.2. The second kappa shape index (κ2) is 6.75. The van der Waals surface area contributed by atoms with Crippen molar-refractivity contribution in [2.75, 3.05) is 13.7 Å². The van der Waals surface area contributed by atoms with Gasteiger partial charge in [-0.05, 0) is 12.1 Å². The quantitative estimate of drug-likeness (QED) is 0.299. The fraction of sp³-hybridized carbons (Fsp3) is 0.385. The van der Waals surface area contributed by atoms with Gasteiger partial charge in [0, 0.05) is 13.1 Å². The fourth-order valence-corrected chi connectivity index (χ4v) is 2.43. The summed E-state index contributed by atoms with van der Waals surface area (Å²) >= 11 is 22.5. The molecule has 2 atom stereocenters. The molecule has 1 heterocycles. The Hall–Kier alpha value is -0.770. The Bertz CT molecular complexity index is 723. The molecule has 0 aromatic heterocycles. The average Bonchev–Trinajstić information content (AvgIpc) is 2.70. The number of likely N-dealkylation sites (N-methyl/N-ethyl adjacent to an activating group) is 1. The van der Waals surface area contributed by atoms with Crippen molar-refractivity contribution in [1.82, 2.24) is 9.55 Å². The maximum absolute atomic E-state index is 13.2. The van der Waals surface area contributed by atoms with E-state index in [0.717, 1.165) is 23.1 Å². The molecule has 25 heavy (non-hydrogen) atoms. The number of alkyl halides is 7. The Morgan fingerprint density at radius 2 is 1.92 bits per heavy atom. The van der Waals surface area contributed by atoms with Gasteiger partial charge in [0.2, 0.25) is 3.79 Å². The normalized spacial score (nSPS) is 24.9. The van der Waals surface area contributed by atoms with Crippen molar-refractivity contribution >= 4 is 63.8 Å². The van der Waals surface area contributed by atoms with Gasteiger partial charge in [-0.2, -0.15) is 13.2 Å². The van der Waals surface area contributed by atoms with E-state index in [2.05, 4.69) is 4.99 Å². The van der Waals surface area contributed by atoms with E-state index < -0.39 is 44.1 Å². The Kier molecular flexibility index (Phi) is 5.55. The molecule has 0 saturated carbocycles. The van der Waals surface area contributed by atoms with Gasteiger partial charge in [-0.25, -0.2) is 4.99 Å². The highest BCUT2D eigenvalue weighted by atomic mass is 35.6. The van der Waals surface area contributed by atoms with Crippen LogP contribution in [0.15, 0.2) is 29.3 Å². The fourth-order valence-electron chi connectivity index (χ4n) is 2.20. The summed E-state index contributed by atoms with van der Waals surface area (Å²) in [4.78, 5) is 16.9. The van der Waals surface area contributed by atoms with E-state index in [4.69, 9.17) is 46.4 Å². The molecule has 1 fully saturated rings. The molecule has 0 N–H and O–H groups in total. The zero-order valence-electron chi connectivity index (χ0n) is 12.4. The number of carbonyl (C=O) groups excluding carboxylic acids is 1. The van der Waals surface area contributed by atoms with Gasteiger partial charge in [0.05, 0.1) is 5.56 Å². The van der Waals surface area contributed by atoms with Gasteiger partial charge >= 0.3 is 12.1 Å². The largest absolute Gasteiger partial charge is 0.619 e. The van der Waals surface area contributed by atoms with Crippen LogP contribution in [0.4, 0.5) is 18.9 Å². The molecule has 2 unspecified atom stereocenters. The van der Waals surface area contributed by atoms with E-state index in [1.807, 2.05) is 0 Å². The first-order valence-electron chi connectivity index (χ1n) is 6.58. The van der Waals surface area contributed by atoms with Crippen molar-refractivity contribution < 1.29 is 18.0 Å². The van der Waals surface area contributed by atoms with Crippen molar-refractivity contribution in [2.24, 2.45) is 4.99 Å². The summed E-state index contributed by atoms with van der Waals surface area (Å²) in [5.41, 5.74) is -2.97. The number of rotatable bonds is 2. The number of hydrogen-bond acceptors (Lipinski definition) is 3. The summed E-state index contributed by atoms with van der Waals surface area (Å²) in [6.07, 6.45) is -4.66. The van der Waals surface area contributed by atoms with E-state index in [9.17, 15) is 23.2 Å². The summed E-state index contributed by atoms with van der Waals surface area (Å²) in [6.45, 7) is -0.498. The van der Waals surface area contributed by atoms with Gasteiger partial charge in [-0.15, -0.1) is 0 Å². The summed E-state index contributed by atoms with van der Waals surface area (Å²) in [5.74, 6) is -1.50. The van der Waals surface area contributed by atoms with Crippen LogP contribution < -0.4 is 4.65 Å². The average molecular weight is 439 g/mol. The summed E-state index contributed by atoms with van der Waals surface area (Å²) in [5, 5.41) is 13.2. The molecular weight excluding hydrogens is 429 g/mol. The Balaban J connectivity index is 2.57. The van der Waals surface area contributed by atoms with Crippen molar-refractivity contribution in [2.45, 2.75) is 15.5 Å². The van der Waals surface area contributed by atoms with Crippen LogP contribution >= 0.6 is 46.4 Å². The molecule has 1 amide bonds. The summed E-state index contributed by atoms with van der Waals surface area (Å²) < 4.78 is 35.0. The number of halogens is 7. The van der Waals surface area contributed by atoms with Crippen molar-refractivity contribution in [3.63, 3.8) is 0 Å². The zero-order valence-corrected chi connectivity index (χ0v) is 15.4. The lowest BCUT2D eigenvalue weighted by molar-refractivity contribution is -0.137. The first-order chi connectivity index (χ1) is 11.3. The number of amides is 1. The minimum atomic E-state index is -4.66. The lowest BCUT2D eigenvalue weighted by Gasteiger charge is -2.36. The van der Waals surface area contributed by atoms with Gasteiger partial charge in [0.1, 0.15) is 5.69 Å². The van der Waals surface area contributed by atoms with Gasteiger partial charge in [-0.1, -0.05) is 52.5 Å². The smallest absolute Gasteiger partial charge is 0.416 e. The van der Waals surface area contributed by atoms with Gasteiger partial charge < -0.3 is 5.21 Å². The molecule has 1 saturated heterocycles. The van der Waals surface area contributed by atoms with Crippen LogP contribution in [0.2, 0.25) is 0 Å². The van der Waals surface area contributed by atoms with Gasteiger partial charge in [0.25, 0.3) is 5.84 Å². The zero-order chi connectivity index (χ0) is 19.2. The number of carbonyl (C=O) groups is 1. The highest BCUT2D eigenvalue weighted by Crippen LogP contribution is 2.38. The van der Waals surface area contributed by atoms with Crippen LogP contribution in [0.25, 0.3) is 0 Å². The van der Waals surface area contributed by atoms with Gasteiger partial charge in [-0.3, -0.25) is 14.3 Å². The van der Waals surface area contributed by atoms with Crippen LogP contribution in [0.1, 0.15) is 5.56 Å². The van der Waals surface area contributed by atoms with Crippen molar-refractivity contribution in [3.05, 3.63) is 35.0 Å². The molecule has 5 nitrogen and oxygen atoms in total. The molecule has 1 aliphatic rings. The van der Waals surface area contributed by atoms with Crippen LogP contribution in [-0.2, 0) is 11.0 Å². The molecule has 2 rings (SSSR count). The third-order valence-corrected chi connectivity index (χ3v) is 4.77. The Morgan fingerprint density at radius 1 is 1.32 bits per heavy atom. The number of aliphatic imine (C=N–C) groups is 1. The second-order valence-electron chi connectivity index (χ2n) is 5.26. The maximum Gasteiger partial charge on any atom is 0.416 e. The van der Waals surface area contributed by atoms with Crippen LogP contribution in [-0.4, -0.2) is 39.7 Å². The Morgan fingerprint density at radius 3 is 2.44 bits per heavy atom. The highest BCUT2D eigenvalue weighted by molar-refractivity contribution is 6.70. The number of hydroxylamine groups is 2. The van der Waals surface area contributed by atoms with Gasteiger partial charge in [0.15, 0.2) is 12.2 Å². The first-order valence-corrected chi connectivity index (χ1v) is 8.15. The number of amidine groups is 1. The number of benzene rings is 1. The van der Waals surface area contributed by atoms with Crippen molar-refractivity contribution in [3.8, 4) is 0 Å². The predicted octanol–water partition coefficient (Wildman–Crippen LogP) is 4.27. The SMILES string of the molecule is CN1C[N+]([O-])(c2cccc(C(F)(F)F)c2)C(=NC(Cl)C(Cl)(Cl)Cl)C1=O. The molecule has 0 bridgehead atoms.